The smallest absolute Gasteiger partial charge is 0.282 e. The highest BCUT2D eigenvalue weighted by Gasteiger charge is 2.42. The molecule has 0 saturated carbocycles. The summed E-state index contributed by atoms with van der Waals surface area (Å²) >= 11 is 0. The molecule has 4 heteroatoms. The van der Waals surface area contributed by atoms with Crippen molar-refractivity contribution in [3.05, 3.63) is 64.7 Å². The van der Waals surface area contributed by atoms with Crippen molar-refractivity contribution >= 4 is 11.6 Å². The number of rotatable bonds is 6. The van der Waals surface area contributed by atoms with Crippen LogP contribution < -0.4 is 5.32 Å². The highest BCUT2D eigenvalue weighted by Crippen LogP contribution is 2.30. The van der Waals surface area contributed by atoms with Gasteiger partial charge in [0.25, 0.3) is 5.91 Å². The van der Waals surface area contributed by atoms with E-state index in [1.165, 1.54) is 6.42 Å². The van der Waals surface area contributed by atoms with Gasteiger partial charge in [-0.15, -0.1) is 0 Å². The van der Waals surface area contributed by atoms with E-state index in [9.17, 15) is 10.1 Å². The van der Waals surface area contributed by atoms with Crippen LogP contribution in [0.15, 0.2) is 42.5 Å². The van der Waals surface area contributed by atoms with Crippen LogP contribution in [0.2, 0.25) is 0 Å². The molecule has 4 nitrogen and oxygen atoms in total. The van der Waals surface area contributed by atoms with Gasteiger partial charge in [-0.25, -0.2) is 0 Å². The fourth-order valence-electron chi connectivity index (χ4n) is 4.87. The topological polar surface area (TPSA) is 52.9 Å². The van der Waals surface area contributed by atoms with Gasteiger partial charge < -0.3 is 9.80 Å². The Morgan fingerprint density at radius 2 is 1.72 bits per heavy atom. The van der Waals surface area contributed by atoms with Crippen molar-refractivity contribution in [3.8, 4) is 6.07 Å². The van der Waals surface area contributed by atoms with Gasteiger partial charge in [-0.1, -0.05) is 43.3 Å². The van der Waals surface area contributed by atoms with E-state index < -0.39 is 0 Å². The number of nitrogens with zero attached hydrogens (tertiary/aromatic N) is 2. The average Bonchev–Trinajstić information content (AvgIpc) is 2.72. The predicted molar refractivity (Wildman–Crippen MR) is 117 cm³/mol. The molecule has 1 unspecified atom stereocenters. The van der Waals surface area contributed by atoms with Gasteiger partial charge in [-0.3, -0.25) is 4.79 Å². The number of likely N-dealkylation sites (tertiary alicyclic amines) is 1. The first kappa shape index (κ1) is 21.1. The molecule has 0 aromatic heterocycles. The van der Waals surface area contributed by atoms with Crippen LogP contribution in [0.25, 0.3) is 0 Å². The normalized spacial score (nSPS) is 16.6. The quantitative estimate of drug-likeness (QED) is 0.698. The fourth-order valence-corrected chi connectivity index (χ4v) is 4.87. The predicted octanol–water partition coefficient (Wildman–Crippen LogP) is 5.09. The molecule has 0 bridgehead atoms. The van der Waals surface area contributed by atoms with E-state index in [1.54, 1.807) is 0 Å². The van der Waals surface area contributed by atoms with Gasteiger partial charge in [0.2, 0.25) is 0 Å². The highest BCUT2D eigenvalue weighted by molar-refractivity contribution is 5.95. The molecule has 1 fully saturated rings. The molecule has 1 amide bonds. The lowest BCUT2D eigenvalue weighted by molar-refractivity contribution is -0.959. The molecule has 1 aliphatic heterocycles. The summed E-state index contributed by atoms with van der Waals surface area (Å²) in [5.74, 6) is 0.0984. The number of hydrogen-bond acceptors (Lipinski definition) is 2. The Morgan fingerprint density at radius 1 is 1.07 bits per heavy atom. The number of hydrogen-bond donors (Lipinski definition) is 1. The second kappa shape index (κ2) is 9.24. The maximum Gasteiger partial charge on any atom is 0.282 e. The lowest BCUT2D eigenvalue weighted by Crippen LogP contribution is -2.61. The molecule has 1 atom stereocenters. The van der Waals surface area contributed by atoms with Crippen LogP contribution in [0, 0.1) is 25.2 Å². The lowest BCUT2D eigenvalue weighted by atomic mass is 9.97. The van der Waals surface area contributed by atoms with Crippen molar-refractivity contribution in [3.63, 3.8) is 0 Å². The molecule has 0 radical (unpaired) electrons. The van der Waals surface area contributed by atoms with Crippen molar-refractivity contribution in [1.82, 2.24) is 0 Å². The number of benzene rings is 2. The molecule has 0 spiro atoms. The van der Waals surface area contributed by atoms with E-state index in [0.29, 0.717) is 0 Å². The van der Waals surface area contributed by atoms with Crippen LogP contribution in [0.4, 0.5) is 5.69 Å². The average molecular weight is 391 g/mol. The Labute approximate surface area is 174 Å². The second-order valence-corrected chi connectivity index (χ2v) is 8.33. The fraction of sp³-hybridized carbons (Fsp3) is 0.440. The number of carbonyl (C=O) groups excluding carboxylic acids is 1. The first-order valence-electron chi connectivity index (χ1n) is 10.7. The van der Waals surface area contributed by atoms with Crippen LogP contribution in [0.1, 0.15) is 54.9 Å². The maximum absolute atomic E-state index is 13.5. The Bertz CT molecular complexity index is 886. The monoisotopic (exact) mass is 390 g/mol. The van der Waals surface area contributed by atoms with Crippen molar-refractivity contribution in [2.75, 3.05) is 18.4 Å². The zero-order chi connectivity index (χ0) is 20.9. The van der Waals surface area contributed by atoms with E-state index in [0.717, 1.165) is 71.3 Å². The van der Waals surface area contributed by atoms with Crippen LogP contribution in [-0.4, -0.2) is 29.5 Å². The van der Waals surface area contributed by atoms with E-state index in [4.69, 9.17) is 0 Å². The molecule has 3 rings (SSSR count). The summed E-state index contributed by atoms with van der Waals surface area (Å²) in [5, 5.41) is 12.8. The summed E-state index contributed by atoms with van der Waals surface area (Å²) < 4.78 is 0.742. The Kier molecular flexibility index (Phi) is 6.71. The molecule has 152 valence electrons. The molecular weight excluding hydrogens is 358 g/mol. The van der Waals surface area contributed by atoms with Gasteiger partial charge in [0, 0.05) is 17.7 Å². The maximum atomic E-state index is 13.5. The molecule has 1 heterocycles. The number of nitriles is 1. The third kappa shape index (κ3) is 4.52. The van der Waals surface area contributed by atoms with E-state index in [-0.39, 0.29) is 11.9 Å². The van der Waals surface area contributed by atoms with Gasteiger partial charge in [-0.05, 0) is 50.3 Å². The van der Waals surface area contributed by atoms with E-state index >= 15 is 0 Å². The zero-order valence-electron chi connectivity index (χ0n) is 17.9. The number of anilines is 1. The van der Waals surface area contributed by atoms with Crippen molar-refractivity contribution < 1.29 is 9.28 Å². The summed E-state index contributed by atoms with van der Waals surface area (Å²) in [6, 6.07) is 16.1. The summed E-state index contributed by atoms with van der Waals surface area (Å²) in [6.45, 7) is 8.90. The molecular formula is C25H32N3O+. The summed E-state index contributed by atoms with van der Waals surface area (Å²) in [4.78, 5) is 13.5. The number of piperidine rings is 1. The number of para-hydroxylation sites is 1. The number of aryl methyl sites for hydroxylation is 2. The van der Waals surface area contributed by atoms with E-state index in [2.05, 4.69) is 18.3 Å². The lowest BCUT2D eigenvalue weighted by Gasteiger charge is -2.46. The number of carbonyl (C=O) groups is 1. The first-order valence-corrected chi connectivity index (χ1v) is 10.7. The van der Waals surface area contributed by atoms with Crippen molar-refractivity contribution in [2.45, 2.75) is 59.0 Å². The molecule has 29 heavy (non-hydrogen) atoms. The van der Waals surface area contributed by atoms with E-state index in [1.807, 2.05) is 56.3 Å². The number of quaternary nitrogens is 1. The Hall–Kier alpha value is -2.64. The number of nitrogens with one attached hydrogen (secondary N) is 1. The van der Waals surface area contributed by atoms with Crippen LogP contribution >= 0.6 is 0 Å². The van der Waals surface area contributed by atoms with Gasteiger partial charge in [-0.2, -0.15) is 5.26 Å². The van der Waals surface area contributed by atoms with Gasteiger partial charge >= 0.3 is 0 Å². The summed E-state index contributed by atoms with van der Waals surface area (Å²) in [6.07, 6.45) is 4.25. The molecule has 0 aliphatic carbocycles. The Balaban J connectivity index is 1.93. The summed E-state index contributed by atoms with van der Waals surface area (Å²) in [7, 11) is 0. The minimum Gasteiger partial charge on any atom is -0.320 e. The van der Waals surface area contributed by atoms with Gasteiger partial charge in [0.15, 0.2) is 6.04 Å². The van der Waals surface area contributed by atoms with Crippen LogP contribution in [-0.2, 0) is 11.3 Å². The van der Waals surface area contributed by atoms with Gasteiger partial charge in [0.1, 0.15) is 6.54 Å². The SMILES string of the molecule is CCC(C(=O)Nc1c(C)cccc1C)[N+]1(Cc2ccccc2C#N)CCCCC1. The first-order chi connectivity index (χ1) is 14.0. The minimum absolute atomic E-state index is 0.0984. The standard InChI is InChI=1S/C25H31N3O/c1-4-23(25(29)27-24-19(2)11-10-12-20(24)3)28(15-8-5-9-16-28)18-22-14-7-6-13-21(22)17-26/h6-7,10-14,23H,4-5,8-9,15-16,18H2,1-3H3/p+1. The third-order valence-electron chi connectivity index (χ3n) is 6.41. The second-order valence-electron chi connectivity index (χ2n) is 8.33. The van der Waals surface area contributed by atoms with Crippen LogP contribution in [0.5, 0.6) is 0 Å². The highest BCUT2D eigenvalue weighted by atomic mass is 16.2. The zero-order valence-corrected chi connectivity index (χ0v) is 17.9. The molecule has 2 aromatic carbocycles. The molecule has 2 aromatic rings. The largest absolute Gasteiger partial charge is 0.320 e. The van der Waals surface area contributed by atoms with Gasteiger partial charge in [0.05, 0.1) is 24.7 Å². The third-order valence-corrected chi connectivity index (χ3v) is 6.41. The van der Waals surface area contributed by atoms with Crippen molar-refractivity contribution in [1.29, 1.82) is 5.26 Å². The molecule has 1 N–H and O–H groups in total. The molecule has 1 saturated heterocycles. The van der Waals surface area contributed by atoms with Crippen LogP contribution in [0.3, 0.4) is 0 Å². The summed E-state index contributed by atoms with van der Waals surface area (Å²) in [5.41, 5.74) is 4.89. The number of amides is 1. The van der Waals surface area contributed by atoms with Crippen molar-refractivity contribution in [2.24, 2.45) is 0 Å². The molecule has 1 aliphatic rings. The minimum atomic E-state index is -0.124. The Morgan fingerprint density at radius 3 is 2.34 bits per heavy atom.